The van der Waals surface area contributed by atoms with Gasteiger partial charge in [-0.2, -0.15) is 0 Å². The van der Waals surface area contributed by atoms with Crippen LogP contribution in [-0.4, -0.2) is 29.5 Å². The van der Waals surface area contributed by atoms with Crippen molar-refractivity contribution in [2.75, 3.05) is 13.7 Å². The summed E-state index contributed by atoms with van der Waals surface area (Å²) in [7, 11) is 1.67. The van der Waals surface area contributed by atoms with Gasteiger partial charge in [0.25, 0.3) is 0 Å². The molecule has 3 rings (SSSR count). The number of amides is 1. The van der Waals surface area contributed by atoms with Gasteiger partial charge in [-0.25, -0.2) is 4.98 Å². The van der Waals surface area contributed by atoms with E-state index >= 15 is 0 Å². The first-order valence-corrected chi connectivity index (χ1v) is 9.74. The maximum atomic E-state index is 11.4. The van der Waals surface area contributed by atoms with E-state index in [9.17, 15) is 4.79 Å². The summed E-state index contributed by atoms with van der Waals surface area (Å²) in [5.41, 5.74) is 3.45. The van der Waals surface area contributed by atoms with Crippen LogP contribution >= 0.6 is 11.3 Å². The molecule has 2 aromatic heterocycles. The largest absolute Gasteiger partial charge is 0.493 e. The highest BCUT2D eigenvalue weighted by Crippen LogP contribution is 2.25. The topological polar surface area (TPSA) is 67.0 Å². The molecule has 0 bridgehead atoms. The monoisotopic (exact) mass is 371 g/mol. The van der Waals surface area contributed by atoms with E-state index in [0.29, 0.717) is 13.0 Å². The number of rotatable bonds is 8. The zero-order valence-electron chi connectivity index (χ0n) is 15.5. The molecule has 0 unspecified atom stereocenters. The van der Waals surface area contributed by atoms with E-state index in [1.54, 1.807) is 18.4 Å². The van der Waals surface area contributed by atoms with Crippen molar-refractivity contribution in [1.29, 1.82) is 0 Å². The number of aromatic amines is 1. The normalized spacial score (nSPS) is 11.0. The molecule has 3 aromatic rings. The number of nitrogens with one attached hydrogen (secondary N) is 2. The van der Waals surface area contributed by atoms with Crippen molar-refractivity contribution in [2.24, 2.45) is 0 Å². The van der Waals surface area contributed by atoms with Crippen molar-refractivity contribution in [3.63, 3.8) is 0 Å². The first-order chi connectivity index (χ1) is 12.6. The summed E-state index contributed by atoms with van der Waals surface area (Å²) in [6.07, 6.45) is 5.10. The Morgan fingerprint density at radius 2 is 2.15 bits per heavy atom. The Morgan fingerprint density at radius 1 is 1.31 bits per heavy atom. The number of carbonyl (C=O) groups is 1. The molecule has 1 aromatic carbocycles. The number of hydrogen-bond acceptors (Lipinski definition) is 4. The summed E-state index contributed by atoms with van der Waals surface area (Å²) in [5, 5.41) is 4.93. The molecule has 26 heavy (non-hydrogen) atoms. The van der Waals surface area contributed by atoms with Crippen LogP contribution in [0, 0.1) is 13.8 Å². The molecule has 6 heteroatoms. The van der Waals surface area contributed by atoms with Gasteiger partial charge in [-0.3, -0.25) is 4.79 Å². The van der Waals surface area contributed by atoms with E-state index in [4.69, 9.17) is 4.74 Å². The number of benzene rings is 1. The Hall–Kier alpha value is -2.34. The summed E-state index contributed by atoms with van der Waals surface area (Å²) in [5.74, 6) is 0.954. The van der Waals surface area contributed by atoms with Crippen LogP contribution in [0.4, 0.5) is 0 Å². The molecule has 0 saturated heterocycles. The van der Waals surface area contributed by atoms with E-state index in [1.165, 1.54) is 15.8 Å². The Balaban J connectivity index is 1.61. The molecule has 2 heterocycles. The lowest BCUT2D eigenvalue weighted by Gasteiger charge is -2.07. The fraction of sp³-hybridized carbons (Fsp3) is 0.400. The fourth-order valence-corrected chi connectivity index (χ4v) is 3.95. The van der Waals surface area contributed by atoms with E-state index < -0.39 is 0 Å². The second-order valence-electron chi connectivity index (χ2n) is 6.38. The van der Waals surface area contributed by atoms with Gasteiger partial charge in [-0.05, 0) is 50.5 Å². The highest BCUT2D eigenvalue weighted by molar-refractivity contribution is 7.11. The highest BCUT2D eigenvalue weighted by atomic mass is 32.1. The first-order valence-electron chi connectivity index (χ1n) is 8.93. The van der Waals surface area contributed by atoms with Gasteiger partial charge in [0.15, 0.2) is 0 Å². The van der Waals surface area contributed by atoms with Gasteiger partial charge in [0, 0.05) is 41.9 Å². The molecule has 0 spiro atoms. The lowest BCUT2D eigenvalue weighted by Crippen LogP contribution is -2.17. The minimum Gasteiger partial charge on any atom is -0.493 e. The van der Waals surface area contributed by atoms with E-state index in [-0.39, 0.29) is 5.91 Å². The molecular formula is C20H25N3O2S. The summed E-state index contributed by atoms with van der Waals surface area (Å²) in [6, 6.07) is 6.12. The number of fused-ring (bicyclic) bond motifs is 1. The smallest absolute Gasteiger partial charge is 0.219 e. The molecule has 0 saturated carbocycles. The lowest BCUT2D eigenvalue weighted by atomic mass is 10.1. The van der Waals surface area contributed by atoms with Gasteiger partial charge in [-0.1, -0.05) is 0 Å². The molecule has 0 aliphatic rings. The number of ether oxygens (including phenoxy) is 1. The number of nitrogens with zero attached hydrogens (tertiary/aromatic N) is 1. The number of hydrogen-bond donors (Lipinski definition) is 2. The predicted octanol–water partition coefficient (Wildman–Crippen LogP) is 3.93. The van der Waals surface area contributed by atoms with Crippen molar-refractivity contribution in [1.82, 2.24) is 15.3 Å². The molecule has 0 aliphatic carbocycles. The van der Waals surface area contributed by atoms with Gasteiger partial charge >= 0.3 is 0 Å². The Bertz CT molecular complexity index is 898. The molecule has 0 radical (unpaired) electrons. The SMILES string of the molecule is CNC(=O)CCCc1c[nH]c2ccc(OCCc3nc(C)sc3C)cc12. The highest BCUT2D eigenvalue weighted by Gasteiger charge is 2.08. The molecule has 1 amide bonds. The van der Waals surface area contributed by atoms with Crippen molar-refractivity contribution in [3.05, 3.63) is 45.5 Å². The third kappa shape index (κ3) is 4.43. The number of aromatic nitrogens is 2. The quantitative estimate of drug-likeness (QED) is 0.630. The minimum atomic E-state index is 0.0847. The van der Waals surface area contributed by atoms with Crippen LogP contribution in [-0.2, 0) is 17.6 Å². The van der Waals surface area contributed by atoms with Crippen LogP contribution in [0.2, 0.25) is 0 Å². The number of thiazole rings is 1. The summed E-state index contributed by atoms with van der Waals surface area (Å²) in [4.78, 5) is 20.5. The van der Waals surface area contributed by atoms with Gasteiger partial charge < -0.3 is 15.0 Å². The Kier molecular flexibility index (Phi) is 5.93. The van der Waals surface area contributed by atoms with Gasteiger partial charge in [-0.15, -0.1) is 11.3 Å². The van der Waals surface area contributed by atoms with Crippen LogP contribution in [0.1, 0.15) is 34.0 Å². The van der Waals surface area contributed by atoms with Crippen molar-refractivity contribution in [3.8, 4) is 5.75 Å². The molecule has 0 aliphatic heterocycles. The van der Waals surface area contributed by atoms with Gasteiger partial charge in [0.1, 0.15) is 5.75 Å². The van der Waals surface area contributed by atoms with Gasteiger partial charge in [0.05, 0.1) is 17.3 Å². The average Bonchev–Trinajstić information content (AvgIpc) is 3.17. The molecule has 0 atom stereocenters. The van der Waals surface area contributed by atoms with Crippen LogP contribution in [0.25, 0.3) is 10.9 Å². The van der Waals surface area contributed by atoms with E-state index in [1.807, 2.05) is 25.3 Å². The number of H-pyrrole nitrogens is 1. The summed E-state index contributed by atoms with van der Waals surface area (Å²) >= 11 is 1.73. The maximum Gasteiger partial charge on any atom is 0.219 e. The predicted molar refractivity (Wildman–Crippen MR) is 106 cm³/mol. The van der Waals surface area contributed by atoms with Crippen molar-refractivity contribution < 1.29 is 9.53 Å². The second-order valence-corrected chi connectivity index (χ2v) is 7.79. The third-order valence-electron chi connectivity index (χ3n) is 4.47. The Morgan fingerprint density at radius 3 is 2.88 bits per heavy atom. The zero-order valence-corrected chi connectivity index (χ0v) is 16.3. The average molecular weight is 372 g/mol. The third-order valence-corrected chi connectivity index (χ3v) is 5.40. The molecule has 138 valence electrons. The van der Waals surface area contributed by atoms with E-state index in [0.717, 1.165) is 41.2 Å². The molecule has 5 nitrogen and oxygen atoms in total. The molecular weight excluding hydrogens is 346 g/mol. The standard InChI is InChI=1S/C20H25N3O2S/c1-13-18(23-14(2)26-13)9-10-25-16-7-8-19-17(11-16)15(12-22-19)5-4-6-20(24)21-3/h7-8,11-12,22H,4-6,9-10H2,1-3H3,(H,21,24). The van der Waals surface area contributed by atoms with Crippen LogP contribution in [0.5, 0.6) is 5.75 Å². The van der Waals surface area contributed by atoms with E-state index in [2.05, 4.69) is 28.3 Å². The minimum absolute atomic E-state index is 0.0847. The summed E-state index contributed by atoms with van der Waals surface area (Å²) < 4.78 is 5.95. The summed E-state index contributed by atoms with van der Waals surface area (Å²) in [6.45, 7) is 4.76. The van der Waals surface area contributed by atoms with Crippen LogP contribution < -0.4 is 10.1 Å². The van der Waals surface area contributed by atoms with Crippen LogP contribution in [0.15, 0.2) is 24.4 Å². The Labute approximate surface area is 157 Å². The van der Waals surface area contributed by atoms with Gasteiger partial charge in [0.2, 0.25) is 5.91 Å². The number of carbonyl (C=O) groups excluding carboxylic acids is 1. The number of aryl methyl sites for hydroxylation is 3. The molecule has 2 N–H and O–H groups in total. The second kappa shape index (κ2) is 8.36. The maximum absolute atomic E-state index is 11.4. The van der Waals surface area contributed by atoms with Crippen molar-refractivity contribution >= 4 is 28.1 Å². The zero-order chi connectivity index (χ0) is 18.5. The first kappa shape index (κ1) is 18.5. The lowest BCUT2D eigenvalue weighted by molar-refractivity contribution is -0.120. The van der Waals surface area contributed by atoms with Crippen LogP contribution in [0.3, 0.4) is 0 Å². The molecule has 0 fully saturated rings. The van der Waals surface area contributed by atoms with Crippen molar-refractivity contribution in [2.45, 2.75) is 39.5 Å². The fourth-order valence-electron chi connectivity index (χ4n) is 3.09.